The average Bonchev–Trinajstić information content (AvgIpc) is 2.47. The van der Waals surface area contributed by atoms with Crippen LogP contribution in [-0.4, -0.2) is 41.7 Å². The van der Waals surface area contributed by atoms with Crippen LogP contribution in [0, 0.1) is 0 Å². The number of benzene rings is 1. The molecule has 0 radical (unpaired) electrons. The molecule has 0 bridgehead atoms. The normalized spacial score (nSPS) is 17.6. The summed E-state index contributed by atoms with van der Waals surface area (Å²) >= 11 is 0. The molecule has 1 aromatic carbocycles. The molecule has 4 heteroatoms. The number of likely N-dealkylation sites (tertiary alicyclic amines) is 1. The smallest absolute Gasteiger partial charge is 0.321 e. The molecular formula is C16H23NO3. The number of rotatable bonds is 6. The molecule has 1 heterocycles. The predicted octanol–water partition coefficient (Wildman–Crippen LogP) is 2.57. The zero-order chi connectivity index (χ0) is 14.4. The summed E-state index contributed by atoms with van der Waals surface area (Å²) in [6.07, 6.45) is 3.98. The monoisotopic (exact) mass is 277 g/mol. The molecule has 4 nitrogen and oxygen atoms in total. The summed E-state index contributed by atoms with van der Waals surface area (Å²) in [5.41, 5.74) is 1.05. The van der Waals surface area contributed by atoms with E-state index in [2.05, 4.69) is 4.90 Å². The molecule has 0 unspecified atom stereocenters. The summed E-state index contributed by atoms with van der Waals surface area (Å²) in [4.78, 5) is 13.6. The number of aliphatic carboxylic acids is 1. The third-order valence-corrected chi connectivity index (χ3v) is 3.78. The van der Waals surface area contributed by atoms with Gasteiger partial charge in [-0.3, -0.25) is 9.69 Å². The summed E-state index contributed by atoms with van der Waals surface area (Å²) in [6.45, 7) is 4.39. The van der Waals surface area contributed by atoms with Crippen molar-refractivity contribution in [2.24, 2.45) is 0 Å². The fraction of sp³-hybridized carbons (Fsp3) is 0.562. The topological polar surface area (TPSA) is 49.8 Å². The Morgan fingerprint density at radius 3 is 2.45 bits per heavy atom. The van der Waals surface area contributed by atoms with Crippen molar-refractivity contribution in [1.29, 1.82) is 0 Å². The summed E-state index contributed by atoms with van der Waals surface area (Å²) in [7, 11) is 0. The second-order valence-corrected chi connectivity index (χ2v) is 5.23. The van der Waals surface area contributed by atoms with E-state index in [1.54, 1.807) is 0 Å². The minimum absolute atomic E-state index is 0.409. The quantitative estimate of drug-likeness (QED) is 0.868. The lowest BCUT2D eigenvalue weighted by Crippen LogP contribution is -2.45. The zero-order valence-corrected chi connectivity index (χ0v) is 12.0. The van der Waals surface area contributed by atoms with E-state index in [0.717, 1.165) is 37.2 Å². The Morgan fingerprint density at radius 1 is 1.25 bits per heavy atom. The molecule has 0 spiro atoms. The molecular weight excluding hydrogens is 254 g/mol. The van der Waals surface area contributed by atoms with Crippen molar-refractivity contribution in [2.75, 3.05) is 19.7 Å². The number of nitrogens with zero attached hydrogens (tertiary/aromatic N) is 1. The van der Waals surface area contributed by atoms with Crippen molar-refractivity contribution in [3.05, 3.63) is 29.8 Å². The van der Waals surface area contributed by atoms with Gasteiger partial charge in [0.25, 0.3) is 0 Å². The van der Waals surface area contributed by atoms with Crippen LogP contribution in [0.15, 0.2) is 24.3 Å². The first-order valence-corrected chi connectivity index (χ1v) is 7.39. The number of carbonyl (C=O) groups is 1. The molecule has 1 N–H and O–H groups in total. The number of ether oxygens (including phenoxy) is 1. The van der Waals surface area contributed by atoms with Crippen molar-refractivity contribution in [3.8, 4) is 5.75 Å². The molecule has 110 valence electrons. The molecule has 1 atom stereocenters. The third kappa shape index (κ3) is 3.97. The van der Waals surface area contributed by atoms with Crippen molar-refractivity contribution in [2.45, 2.75) is 38.6 Å². The molecule has 1 saturated heterocycles. The van der Waals surface area contributed by atoms with E-state index in [1.165, 1.54) is 6.42 Å². The van der Waals surface area contributed by atoms with Gasteiger partial charge in [-0.1, -0.05) is 18.6 Å². The van der Waals surface area contributed by atoms with Crippen LogP contribution in [0.5, 0.6) is 5.75 Å². The van der Waals surface area contributed by atoms with E-state index in [4.69, 9.17) is 4.74 Å². The molecule has 2 rings (SSSR count). The van der Waals surface area contributed by atoms with Crippen LogP contribution < -0.4 is 4.74 Å². The van der Waals surface area contributed by atoms with Gasteiger partial charge in [-0.15, -0.1) is 0 Å². The van der Waals surface area contributed by atoms with Crippen LogP contribution >= 0.6 is 0 Å². The van der Waals surface area contributed by atoms with E-state index >= 15 is 0 Å². The maximum Gasteiger partial charge on any atom is 0.321 e. The first-order valence-electron chi connectivity index (χ1n) is 7.39. The highest BCUT2D eigenvalue weighted by Gasteiger charge is 2.26. The molecule has 0 amide bonds. The van der Waals surface area contributed by atoms with Gasteiger partial charge < -0.3 is 9.84 Å². The van der Waals surface area contributed by atoms with E-state index in [-0.39, 0.29) is 0 Å². The van der Waals surface area contributed by atoms with Gasteiger partial charge in [0, 0.05) is 0 Å². The first kappa shape index (κ1) is 14.9. The minimum Gasteiger partial charge on any atom is -0.494 e. The predicted molar refractivity (Wildman–Crippen MR) is 78.2 cm³/mol. The lowest BCUT2D eigenvalue weighted by molar-refractivity contribution is -0.143. The van der Waals surface area contributed by atoms with Crippen molar-refractivity contribution < 1.29 is 14.6 Å². The van der Waals surface area contributed by atoms with Crippen molar-refractivity contribution in [1.82, 2.24) is 4.90 Å². The van der Waals surface area contributed by atoms with Crippen LogP contribution in [0.1, 0.15) is 31.7 Å². The Kier molecular flexibility index (Phi) is 5.41. The van der Waals surface area contributed by atoms with Crippen LogP contribution in [0.2, 0.25) is 0 Å². The van der Waals surface area contributed by atoms with Crippen LogP contribution in [-0.2, 0) is 11.2 Å². The van der Waals surface area contributed by atoms with Gasteiger partial charge in [-0.25, -0.2) is 0 Å². The fourth-order valence-corrected chi connectivity index (χ4v) is 2.71. The highest BCUT2D eigenvalue weighted by molar-refractivity contribution is 5.74. The van der Waals surface area contributed by atoms with E-state index < -0.39 is 12.0 Å². The fourth-order valence-electron chi connectivity index (χ4n) is 2.71. The highest BCUT2D eigenvalue weighted by Crippen LogP contribution is 2.18. The standard InChI is InChI=1S/C16H23NO3/c1-2-20-14-8-6-13(7-9-14)12-15(16(18)19)17-10-4-3-5-11-17/h6-9,15H,2-5,10-12H2,1H3,(H,18,19)/t15-/m1/s1. The van der Waals surface area contributed by atoms with E-state index in [0.29, 0.717) is 13.0 Å². The van der Waals surface area contributed by atoms with E-state index in [1.807, 2.05) is 31.2 Å². The number of carboxylic acids is 1. The maximum absolute atomic E-state index is 11.5. The number of hydrogen-bond donors (Lipinski definition) is 1. The zero-order valence-electron chi connectivity index (χ0n) is 12.0. The molecule has 0 saturated carbocycles. The molecule has 0 aromatic heterocycles. The van der Waals surface area contributed by atoms with Gasteiger partial charge in [-0.2, -0.15) is 0 Å². The second-order valence-electron chi connectivity index (χ2n) is 5.23. The average molecular weight is 277 g/mol. The number of hydrogen-bond acceptors (Lipinski definition) is 3. The molecule has 1 aliphatic rings. The summed E-state index contributed by atoms with van der Waals surface area (Å²) in [5.74, 6) is 0.113. The van der Waals surface area contributed by atoms with Gasteiger partial charge >= 0.3 is 5.97 Å². The first-order chi connectivity index (χ1) is 9.70. The Balaban J connectivity index is 2.01. The Morgan fingerprint density at radius 2 is 1.90 bits per heavy atom. The lowest BCUT2D eigenvalue weighted by Gasteiger charge is -2.32. The summed E-state index contributed by atoms with van der Waals surface area (Å²) < 4.78 is 5.40. The largest absolute Gasteiger partial charge is 0.494 e. The SMILES string of the molecule is CCOc1ccc(C[C@H](C(=O)O)N2CCCCC2)cc1. The van der Waals surface area contributed by atoms with Crippen LogP contribution in [0.3, 0.4) is 0 Å². The Labute approximate surface area is 120 Å². The summed E-state index contributed by atoms with van der Waals surface area (Å²) in [6, 6.07) is 7.34. The Hall–Kier alpha value is -1.55. The van der Waals surface area contributed by atoms with Gasteiger partial charge in [0.1, 0.15) is 11.8 Å². The lowest BCUT2D eigenvalue weighted by atomic mass is 10.0. The van der Waals surface area contributed by atoms with Crippen LogP contribution in [0.25, 0.3) is 0 Å². The molecule has 20 heavy (non-hydrogen) atoms. The van der Waals surface area contributed by atoms with E-state index in [9.17, 15) is 9.90 Å². The molecule has 0 aliphatic carbocycles. The molecule has 1 aliphatic heterocycles. The molecule has 1 fully saturated rings. The highest BCUT2D eigenvalue weighted by atomic mass is 16.5. The molecule has 1 aromatic rings. The minimum atomic E-state index is -0.721. The Bertz CT molecular complexity index is 424. The van der Waals surface area contributed by atoms with Gasteiger partial charge in [-0.05, 0) is 57.0 Å². The van der Waals surface area contributed by atoms with Gasteiger partial charge in [0.2, 0.25) is 0 Å². The summed E-state index contributed by atoms with van der Waals surface area (Å²) in [5, 5.41) is 9.46. The van der Waals surface area contributed by atoms with Crippen molar-refractivity contribution >= 4 is 5.97 Å². The third-order valence-electron chi connectivity index (χ3n) is 3.78. The maximum atomic E-state index is 11.5. The van der Waals surface area contributed by atoms with Crippen LogP contribution in [0.4, 0.5) is 0 Å². The van der Waals surface area contributed by atoms with Crippen molar-refractivity contribution in [3.63, 3.8) is 0 Å². The van der Waals surface area contributed by atoms with Gasteiger partial charge in [0.15, 0.2) is 0 Å². The van der Waals surface area contributed by atoms with Gasteiger partial charge in [0.05, 0.1) is 6.61 Å². The number of piperidine rings is 1. The number of carboxylic acid groups (broad SMARTS) is 1. The second kappa shape index (κ2) is 7.29.